The molecule has 3 atom stereocenters. The van der Waals surface area contributed by atoms with Crippen molar-refractivity contribution in [1.29, 1.82) is 0 Å². The number of hydrogen-bond donors (Lipinski definition) is 3. The van der Waals surface area contributed by atoms with Crippen LogP contribution in [0.1, 0.15) is 72.4 Å². The number of aromatic nitrogens is 5. The predicted molar refractivity (Wildman–Crippen MR) is 150 cm³/mol. The van der Waals surface area contributed by atoms with Crippen molar-refractivity contribution in [3.63, 3.8) is 0 Å². The maximum Gasteiger partial charge on any atom is 0.404 e. The monoisotopic (exact) mass is 630 g/mol. The fourth-order valence-corrected chi connectivity index (χ4v) is 5.33. The summed E-state index contributed by atoms with van der Waals surface area (Å²) in [6.07, 6.45) is 1.37. The smallest absolute Gasteiger partial charge is 0.385 e. The highest BCUT2D eigenvalue weighted by molar-refractivity contribution is 5.92. The average molecular weight is 631 g/mol. The van der Waals surface area contributed by atoms with Gasteiger partial charge >= 0.3 is 6.18 Å². The van der Waals surface area contributed by atoms with E-state index >= 15 is 0 Å². The van der Waals surface area contributed by atoms with E-state index < -0.39 is 42.7 Å². The quantitative estimate of drug-likeness (QED) is 0.171. The Labute approximate surface area is 251 Å². The second-order valence-corrected chi connectivity index (χ2v) is 11.1. The van der Waals surface area contributed by atoms with Crippen LogP contribution in [-0.4, -0.2) is 82.4 Å². The Morgan fingerprint density at radius 3 is 2.61 bits per heavy atom. The minimum atomic E-state index is -4.56. The van der Waals surface area contributed by atoms with E-state index in [9.17, 15) is 26.7 Å². The number of halogens is 5. The number of aryl methyl sites for hydroxylation is 1. The van der Waals surface area contributed by atoms with Gasteiger partial charge in [0, 0.05) is 53.0 Å². The molecular formula is C28H39F5N8O3. The van der Waals surface area contributed by atoms with Crippen LogP contribution in [0.2, 0.25) is 0 Å². The Balaban J connectivity index is 1.58. The first-order valence-corrected chi connectivity index (χ1v) is 14.5. The van der Waals surface area contributed by atoms with Gasteiger partial charge in [0.25, 0.3) is 5.91 Å². The Morgan fingerprint density at radius 2 is 1.93 bits per heavy atom. The molecule has 0 aliphatic heterocycles. The van der Waals surface area contributed by atoms with Crippen molar-refractivity contribution in [2.24, 2.45) is 11.7 Å². The van der Waals surface area contributed by atoms with Gasteiger partial charge in [0.15, 0.2) is 5.65 Å². The Kier molecular flexibility index (Phi) is 11.3. The van der Waals surface area contributed by atoms with Crippen LogP contribution in [0.15, 0.2) is 30.7 Å². The lowest BCUT2D eigenvalue weighted by Crippen LogP contribution is -2.46. The van der Waals surface area contributed by atoms with Crippen molar-refractivity contribution >= 4 is 11.6 Å². The van der Waals surface area contributed by atoms with Gasteiger partial charge in [-0.15, -0.1) is 0 Å². The Hall–Kier alpha value is -3.21. The lowest BCUT2D eigenvalue weighted by Gasteiger charge is -2.33. The number of amides is 1. The van der Waals surface area contributed by atoms with Gasteiger partial charge in [0.05, 0.1) is 36.8 Å². The number of methoxy groups -OCH3 is 2. The van der Waals surface area contributed by atoms with E-state index in [4.69, 9.17) is 15.2 Å². The Morgan fingerprint density at radius 1 is 1.18 bits per heavy atom. The number of rotatable bonds is 15. The highest BCUT2D eigenvalue weighted by Crippen LogP contribution is 2.41. The summed E-state index contributed by atoms with van der Waals surface area (Å²) in [6, 6.07) is -0.173. The molecule has 3 heterocycles. The third-order valence-electron chi connectivity index (χ3n) is 7.86. The van der Waals surface area contributed by atoms with Crippen molar-refractivity contribution in [3.05, 3.63) is 47.7 Å². The van der Waals surface area contributed by atoms with E-state index in [1.165, 1.54) is 24.0 Å². The number of nitrogens with zero attached hydrogens (tertiary/aromatic N) is 5. The molecule has 3 aromatic rings. The SMILES string of the molecule is COCCCCn1nccc1C(=O)N[C@H](c1cn2ncc([C@@H](COC)NC[C@H](N)C(F)(F)F)cc2n1)C1CCC(F)(F)CC1. The summed E-state index contributed by atoms with van der Waals surface area (Å²) in [5, 5.41) is 14.4. The molecule has 1 aliphatic carbocycles. The van der Waals surface area contributed by atoms with Crippen molar-refractivity contribution in [3.8, 4) is 0 Å². The molecule has 1 fully saturated rings. The van der Waals surface area contributed by atoms with Crippen LogP contribution in [0, 0.1) is 5.92 Å². The van der Waals surface area contributed by atoms with E-state index in [-0.39, 0.29) is 38.2 Å². The molecule has 16 heteroatoms. The summed E-state index contributed by atoms with van der Waals surface area (Å²) >= 11 is 0. The van der Waals surface area contributed by atoms with E-state index in [0.29, 0.717) is 35.8 Å². The molecule has 1 saturated carbocycles. The number of fused-ring (bicyclic) bond motifs is 1. The first-order chi connectivity index (χ1) is 20.9. The zero-order chi connectivity index (χ0) is 31.9. The number of hydrogen-bond acceptors (Lipinski definition) is 8. The normalized spacial score (nSPS) is 17.9. The molecule has 4 N–H and O–H groups in total. The summed E-state index contributed by atoms with van der Waals surface area (Å²) in [4.78, 5) is 18.2. The molecule has 1 aliphatic rings. The van der Waals surface area contributed by atoms with Gasteiger partial charge < -0.3 is 25.8 Å². The maximum atomic E-state index is 14.1. The van der Waals surface area contributed by atoms with Crippen LogP contribution < -0.4 is 16.4 Å². The highest BCUT2D eigenvalue weighted by atomic mass is 19.4. The van der Waals surface area contributed by atoms with Crippen LogP contribution >= 0.6 is 0 Å². The van der Waals surface area contributed by atoms with E-state index in [1.54, 1.807) is 30.1 Å². The van der Waals surface area contributed by atoms with Crippen molar-refractivity contribution in [1.82, 2.24) is 35.0 Å². The third-order valence-corrected chi connectivity index (χ3v) is 7.86. The average Bonchev–Trinajstić information content (AvgIpc) is 3.62. The van der Waals surface area contributed by atoms with Gasteiger partial charge in [0.2, 0.25) is 5.92 Å². The fourth-order valence-electron chi connectivity index (χ4n) is 5.33. The van der Waals surface area contributed by atoms with Gasteiger partial charge in [-0.05, 0) is 49.3 Å². The summed E-state index contributed by atoms with van der Waals surface area (Å²) in [6.45, 7) is 0.602. The largest absolute Gasteiger partial charge is 0.404 e. The number of ether oxygens (including phenoxy) is 2. The van der Waals surface area contributed by atoms with Crippen LogP contribution in [0.5, 0.6) is 0 Å². The van der Waals surface area contributed by atoms with Crippen molar-refractivity contribution < 1.29 is 36.2 Å². The van der Waals surface area contributed by atoms with Crippen LogP contribution in [0.4, 0.5) is 22.0 Å². The first-order valence-electron chi connectivity index (χ1n) is 14.5. The number of unbranched alkanes of at least 4 members (excludes halogenated alkanes) is 1. The number of carbonyl (C=O) groups is 1. The first kappa shape index (κ1) is 33.7. The lowest BCUT2D eigenvalue weighted by molar-refractivity contribution is -0.147. The lowest BCUT2D eigenvalue weighted by atomic mass is 9.81. The number of carbonyl (C=O) groups excluding carboxylic acids is 1. The van der Waals surface area contributed by atoms with Crippen LogP contribution in [0.25, 0.3) is 5.65 Å². The van der Waals surface area contributed by atoms with E-state index in [0.717, 1.165) is 12.8 Å². The molecule has 3 aromatic heterocycles. The molecule has 44 heavy (non-hydrogen) atoms. The topological polar surface area (TPSA) is 134 Å². The van der Waals surface area contributed by atoms with E-state index in [2.05, 4.69) is 25.8 Å². The molecule has 0 unspecified atom stereocenters. The number of nitrogens with one attached hydrogen (secondary N) is 2. The van der Waals surface area contributed by atoms with Crippen LogP contribution in [-0.2, 0) is 16.0 Å². The maximum absolute atomic E-state index is 14.1. The molecule has 1 amide bonds. The number of alkyl halides is 5. The second kappa shape index (κ2) is 14.7. The number of imidazole rings is 1. The molecule has 0 bridgehead atoms. The fraction of sp³-hybridized carbons (Fsp3) is 0.643. The second-order valence-electron chi connectivity index (χ2n) is 11.1. The van der Waals surface area contributed by atoms with E-state index in [1.807, 2.05) is 0 Å². The highest BCUT2D eigenvalue weighted by Gasteiger charge is 2.40. The summed E-state index contributed by atoms with van der Waals surface area (Å²) in [5.74, 6) is -3.49. The minimum Gasteiger partial charge on any atom is -0.385 e. The third kappa shape index (κ3) is 8.70. The standard InChI is InChI=1S/C28H39F5N8O3/c1-43-12-4-3-11-40-22(7-10-36-40)26(42)39-25(18-5-8-27(29,30)9-6-18)20-16-41-24(38-20)13-19(14-37-41)21(17-44-2)35-15-23(34)28(31,32)33/h7,10,13-14,16,18,21,23,25,35H,3-6,8-9,11-12,15,17,34H2,1-2H3,(H,39,42)/t21-,23+,25+/m1/s1. The molecule has 0 radical (unpaired) electrons. The molecule has 0 spiro atoms. The van der Waals surface area contributed by atoms with Gasteiger partial charge in [0.1, 0.15) is 11.7 Å². The van der Waals surface area contributed by atoms with Gasteiger partial charge in [-0.2, -0.15) is 23.4 Å². The molecule has 11 nitrogen and oxygen atoms in total. The summed E-state index contributed by atoms with van der Waals surface area (Å²) in [7, 11) is 3.04. The Bertz CT molecular complexity index is 1350. The predicted octanol–water partition coefficient (Wildman–Crippen LogP) is 3.82. The molecule has 4 rings (SSSR count). The molecular weight excluding hydrogens is 591 g/mol. The summed E-state index contributed by atoms with van der Waals surface area (Å²) in [5.41, 5.74) is 6.90. The molecule has 244 valence electrons. The molecule has 0 aromatic carbocycles. The van der Waals surface area contributed by atoms with Crippen LogP contribution in [0.3, 0.4) is 0 Å². The van der Waals surface area contributed by atoms with Gasteiger partial charge in [-0.1, -0.05) is 0 Å². The molecule has 0 saturated heterocycles. The van der Waals surface area contributed by atoms with Crippen molar-refractivity contribution in [2.75, 3.05) is 34.0 Å². The number of nitrogens with two attached hydrogens (primary N) is 1. The van der Waals surface area contributed by atoms with Gasteiger partial charge in [-0.3, -0.25) is 9.48 Å². The summed E-state index contributed by atoms with van der Waals surface area (Å²) < 4.78 is 80.3. The minimum absolute atomic E-state index is 0.0457. The van der Waals surface area contributed by atoms with Gasteiger partial charge in [-0.25, -0.2) is 18.3 Å². The van der Waals surface area contributed by atoms with Crippen molar-refractivity contribution in [2.45, 2.75) is 75.3 Å². The zero-order valence-corrected chi connectivity index (χ0v) is 24.7. The zero-order valence-electron chi connectivity index (χ0n) is 24.7.